The predicted octanol–water partition coefficient (Wildman–Crippen LogP) is 4.94. The molecule has 0 fully saturated rings. The molecule has 19 heavy (non-hydrogen) atoms. The van der Waals surface area contributed by atoms with E-state index in [9.17, 15) is 9.50 Å². The summed E-state index contributed by atoms with van der Waals surface area (Å²) >= 11 is 6.64. The first-order chi connectivity index (χ1) is 9.04. The van der Waals surface area contributed by atoms with E-state index in [0.717, 1.165) is 17.3 Å². The molecule has 1 aliphatic rings. The van der Waals surface area contributed by atoms with Crippen LogP contribution in [-0.2, 0) is 12.8 Å². The number of halogens is 3. The number of phenols is 1. The molecule has 0 saturated heterocycles. The first-order valence-electron chi connectivity index (χ1n) is 6.00. The van der Waals surface area contributed by atoms with E-state index >= 15 is 0 Å². The molecule has 0 heterocycles. The van der Waals surface area contributed by atoms with Crippen LogP contribution in [0.5, 0.6) is 5.75 Å². The molecule has 2 aromatic rings. The van der Waals surface area contributed by atoms with Crippen molar-refractivity contribution in [2.24, 2.45) is 0 Å². The molecule has 1 N–H and O–H groups in total. The number of rotatable bonds is 1. The van der Waals surface area contributed by atoms with Gasteiger partial charge in [-0.15, -0.1) is 0 Å². The zero-order valence-electron chi connectivity index (χ0n) is 9.96. The summed E-state index contributed by atoms with van der Waals surface area (Å²) in [5, 5.41) is 9.99. The normalized spacial score (nSPS) is 17.5. The van der Waals surface area contributed by atoms with Gasteiger partial charge in [-0.3, -0.25) is 0 Å². The van der Waals surface area contributed by atoms with Gasteiger partial charge in [-0.05, 0) is 54.2 Å². The van der Waals surface area contributed by atoms with Crippen LogP contribution in [0.3, 0.4) is 0 Å². The van der Waals surface area contributed by atoms with Crippen molar-refractivity contribution in [1.82, 2.24) is 0 Å². The second-order valence-corrected chi connectivity index (χ2v) is 6.67. The third-order valence-corrected chi connectivity index (χ3v) is 4.53. The first kappa shape index (κ1) is 13.1. The van der Waals surface area contributed by atoms with E-state index in [4.69, 9.17) is 0 Å². The molecule has 1 atom stereocenters. The average Bonchev–Trinajstić information content (AvgIpc) is 2.69. The summed E-state index contributed by atoms with van der Waals surface area (Å²) in [4.78, 5) is 0. The molecule has 0 spiro atoms. The van der Waals surface area contributed by atoms with E-state index in [1.54, 1.807) is 6.07 Å². The van der Waals surface area contributed by atoms with Gasteiger partial charge in [-0.25, -0.2) is 4.39 Å². The lowest BCUT2D eigenvalue weighted by atomic mass is 9.95. The second-order valence-electron chi connectivity index (χ2n) is 4.84. The minimum absolute atomic E-state index is 0.0115. The van der Waals surface area contributed by atoms with Crippen molar-refractivity contribution in [3.63, 3.8) is 0 Å². The first-order valence-corrected chi connectivity index (χ1v) is 7.58. The fraction of sp³-hybridized carbons (Fsp3) is 0.200. The molecule has 0 aromatic heterocycles. The molecule has 3 rings (SSSR count). The van der Waals surface area contributed by atoms with Crippen LogP contribution in [0.2, 0.25) is 0 Å². The van der Waals surface area contributed by atoms with Crippen molar-refractivity contribution in [2.45, 2.75) is 18.8 Å². The van der Waals surface area contributed by atoms with Crippen LogP contribution >= 0.6 is 31.9 Å². The average molecular weight is 386 g/mol. The van der Waals surface area contributed by atoms with E-state index in [1.165, 1.54) is 17.2 Å². The number of aromatic hydroxyl groups is 1. The van der Waals surface area contributed by atoms with Crippen molar-refractivity contribution in [3.05, 3.63) is 61.8 Å². The number of phenolic OH excluding ortho intramolecular Hbond substituents is 1. The number of hydrogen-bond donors (Lipinski definition) is 1. The van der Waals surface area contributed by atoms with Crippen LogP contribution < -0.4 is 0 Å². The zero-order valence-corrected chi connectivity index (χ0v) is 13.1. The van der Waals surface area contributed by atoms with E-state index < -0.39 is 0 Å². The molecular formula is C15H11Br2FO. The van der Waals surface area contributed by atoms with Crippen LogP contribution in [-0.4, -0.2) is 5.11 Å². The highest BCUT2D eigenvalue weighted by Gasteiger charge is 2.27. The van der Waals surface area contributed by atoms with E-state index in [1.807, 2.05) is 6.07 Å². The van der Waals surface area contributed by atoms with E-state index in [0.29, 0.717) is 10.0 Å². The van der Waals surface area contributed by atoms with Crippen molar-refractivity contribution in [3.8, 4) is 5.75 Å². The van der Waals surface area contributed by atoms with Gasteiger partial charge in [0.15, 0.2) is 0 Å². The van der Waals surface area contributed by atoms with E-state index in [2.05, 4.69) is 44.0 Å². The minimum atomic E-state index is -0.344. The van der Waals surface area contributed by atoms with Crippen LogP contribution in [0.1, 0.15) is 22.6 Å². The second kappa shape index (κ2) is 4.91. The molecule has 1 aliphatic carbocycles. The van der Waals surface area contributed by atoms with Gasteiger partial charge in [0, 0.05) is 14.5 Å². The van der Waals surface area contributed by atoms with Crippen molar-refractivity contribution < 1.29 is 9.50 Å². The van der Waals surface area contributed by atoms with Crippen molar-refractivity contribution in [2.75, 3.05) is 0 Å². The van der Waals surface area contributed by atoms with Gasteiger partial charge in [-0.1, -0.05) is 37.9 Å². The maximum absolute atomic E-state index is 14.1. The summed E-state index contributed by atoms with van der Waals surface area (Å²) in [6.45, 7) is 0. The quantitative estimate of drug-likeness (QED) is 0.737. The topological polar surface area (TPSA) is 20.2 Å². The Morgan fingerprint density at radius 2 is 1.74 bits per heavy atom. The van der Waals surface area contributed by atoms with Crippen molar-refractivity contribution >= 4 is 31.9 Å². The standard InChI is InChI=1S/C15H11Br2FO/c16-11-2-1-8-3-10(4-9(8)5-11)15-13(18)6-12(17)7-14(15)19/h1-2,5-7,10,19H,3-4H2. The summed E-state index contributed by atoms with van der Waals surface area (Å²) in [6.07, 6.45) is 1.54. The highest BCUT2D eigenvalue weighted by atomic mass is 79.9. The molecule has 0 radical (unpaired) electrons. The van der Waals surface area contributed by atoms with Crippen LogP contribution in [0.4, 0.5) is 4.39 Å². The summed E-state index contributed by atoms with van der Waals surface area (Å²) < 4.78 is 15.7. The Morgan fingerprint density at radius 3 is 2.47 bits per heavy atom. The Balaban J connectivity index is 1.99. The SMILES string of the molecule is Oc1cc(Br)cc(F)c1C1Cc2ccc(Br)cc2C1. The van der Waals surface area contributed by atoms with Gasteiger partial charge in [-0.2, -0.15) is 0 Å². The van der Waals surface area contributed by atoms with Crippen molar-refractivity contribution in [1.29, 1.82) is 0 Å². The summed E-state index contributed by atoms with van der Waals surface area (Å²) in [5.41, 5.74) is 2.88. The Hall–Kier alpha value is -0.870. The summed E-state index contributed by atoms with van der Waals surface area (Å²) in [7, 11) is 0. The molecule has 0 amide bonds. The summed E-state index contributed by atoms with van der Waals surface area (Å²) in [6, 6.07) is 9.10. The van der Waals surface area contributed by atoms with Gasteiger partial charge >= 0.3 is 0 Å². The molecule has 0 saturated carbocycles. The van der Waals surface area contributed by atoms with Gasteiger partial charge in [0.25, 0.3) is 0 Å². The fourth-order valence-corrected chi connectivity index (χ4v) is 3.59. The van der Waals surface area contributed by atoms with Crippen LogP contribution in [0.15, 0.2) is 39.3 Å². The van der Waals surface area contributed by atoms with Crippen LogP contribution in [0.25, 0.3) is 0 Å². The largest absolute Gasteiger partial charge is 0.508 e. The van der Waals surface area contributed by atoms with E-state index in [-0.39, 0.29) is 17.5 Å². The molecule has 98 valence electrons. The Morgan fingerprint density at radius 1 is 1.00 bits per heavy atom. The zero-order chi connectivity index (χ0) is 13.6. The third kappa shape index (κ3) is 2.43. The minimum Gasteiger partial charge on any atom is -0.508 e. The Bertz CT molecular complexity index is 632. The van der Waals surface area contributed by atoms with Gasteiger partial charge in [0.2, 0.25) is 0 Å². The smallest absolute Gasteiger partial charge is 0.131 e. The lowest BCUT2D eigenvalue weighted by Crippen LogP contribution is -2.02. The van der Waals surface area contributed by atoms with Gasteiger partial charge in [0.1, 0.15) is 11.6 Å². The van der Waals surface area contributed by atoms with Gasteiger partial charge < -0.3 is 5.11 Å². The predicted molar refractivity (Wildman–Crippen MR) is 80.1 cm³/mol. The highest BCUT2D eigenvalue weighted by Crippen LogP contribution is 2.40. The maximum Gasteiger partial charge on any atom is 0.131 e. The molecular weight excluding hydrogens is 375 g/mol. The molecule has 1 unspecified atom stereocenters. The lowest BCUT2D eigenvalue weighted by Gasteiger charge is -2.13. The Labute approximate surface area is 127 Å². The van der Waals surface area contributed by atoms with Gasteiger partial charge in [0.05, 0.1) is 0 Å². The summed E-state index contributed by atoms with van der Waals surface area (Å²) in [5.74, 6) is -0.301. The lowest BCUT2D eigenvalue weighted by molar-refractivity contribution is 0.449. The molecule has 2 aromatic carbocycles. The molecule has 4 heteroatoms. The molecule has 0 aliphatic heterocycles. The monoisotopic (exact) mass is 384 g/mol. The Kier molecular flexibility index (Phi) is 3.39. The third-order valence-electron chi connectivity index (χ3n) is 3.58. The fourth-order valence-electron chi connectivity index (χ4n) is 2.77. The van der Waals surface area contributed by atoms with Crippen LogP contribution in [0, 0.1) is 5.82 Å². The highest BCUT2D eigenvalue weighted by molar-refractivity contribution is 9.10. The number of benzene rings is 2. The molecule has 0 bridgehead atoms. The molecule has 1 nitrogen and oxygen atoms in total. The maximum atomic E-state index is 14.1. The number of fused-ring (bicyclic) bond motifs is 1. The number of hydrogen-bond acceptors (Lipinski definition) is 1.